The topological polar surface area (TPSA) is 42.2 Å². The monoisotopic (exact) mass is 202 g/mol. The Hall–Kier alpha value is -1.58. The molecule has 0 aromatic carbocycles. The standard InChI is InChI=1S/C11H14N4/c1-7-3-10-12-6-13-15(10)11(4-7)14-9-5-8(9)2/h3-4,6,8-9,14H,5H2,1-2H3. The van der Waals surface area contributed by atoms with E-state index in [0.717, 1.165) is 17.4 Å². The molecule has 3 rings (SSSR count). The number of anilines is 1. The maximum Gasteiger partial charge on any atom is 0.157 e. The fourth-order valence-electron chi connectivity index (χ4n) is 1.87. The smallest absolute Gasteiger partial charge is 0.157 e. The quantitative estimate of drug-likeness (QED) is 0.808. The zero-order chi connectivity index (χ0) is 10.4. The SMILES string of the molecule is Cc1cc(NC2CC2C)n2ncnc2c1. The maximum absolute atomic E-state index is 4.21. The molecule has 2 aromatic rings. The van der Waals surface area contributed by atoms with Crippen LogP contribution in [0.4, 0.5) is 5.82 Å². The third-order valence-corrected chi connectivity index (χ3v) is 2.97. The summed E-state index contributed by atoms with van der Waals surface area (Å²) in [7, 11) is 0. The Morgan fingerprint density at radius 2 is 2.27 bits per heavy atom. The Morgan fingerprint density at radius 3 is 3.00 bits per heavy atom. The summed E-state index contributed by atoms with van der Waals surface area (Å²) >= 11 is 0. The van der Waals surface area contributed by atoms with E-state index >= 15 is 0 Å². The fourth-order valence-corrected chi connectivity index (χ4v) is 1.87. The number of nitrogens with one attached hydrogen (secondary N) is 1. The number of aromatic nitrogens is 3. The summed E-state index contributed by atoms with van der Waals surface area (Å²) in [6.45, 7) is 4.34. The number of aryl methyl sites for hydroxylation is 1. The molecule has 2 heterocycles. The minimum absolute atomic E-state index is 0.610. The number of hydrogen-bond acceptors (Lipinski definition) is 3. The van der Waals surface area contributed by atoms with E-state index in [1.807, 2.05) is 10.6 Å². The first-order valence-corrected chi connectivity index (χ1v) is 5.31. The third kappa shape index (κ3) is 1.46. The highest BCUT2D eigenvalue weighted by Gasteiger charge is 2.32. The molecule has 1 fully saturated rings. The van der Waals surface area contributed by atoms with Crippen LogP contribution in [0.3, 0.4) is 0 Å². The zero-order valence-corrected chi connectivity index (χ0v) is 8.94. The summed E-state index contributed by atoms with van der Waals surface area (Å²) in [4.78, 5) is 4.20. The number of rotatable bonds is 2. The molecule has 1 saturated carbocycles. The first kappa shape index (κ1) is 8.71. The average molecular weight is 202 g/mol. The highest BCUT2D eigenvalue weighted by atomic mass is 15.3. The largest absolute Gasteiger partial charge is 0.367 e. The van der Waals surface area contributed by atoms with Crippen molar-refractivity contribution < 1.29 is 0 Å². The summed E-state index contributed by atoms with van der Waals surface area (Å²) in [5, 5.41) is 7.70. The molecule has 2 atom stereocenters. The van der Waals surface area contributed by atoms with E-state index in [2.05, 4.69) is 35.3 Å². The van der Waals surface area contributed by atoms with Crippen molar-refractivity contribution in [3.63, 3.8) is 0 Å². The molecule has 2 unspecified atom stereocenters. The second kappa shape index (κ2) is 2.95. The molecular weight excluding hydrogens is 188 g/mol. The summed E-state index contributed by atoms with van der Waals surface area (Å²) < 4.78 is 1.86. The molecule has 0 spiro atoms. The molecule has 78 valence electrons. The Balaban J connectivity index is 2.03. The lowest BCUT2D eigenvalue weighted by atomic mass is 10.3. The van der Waals surface area contributed by atoms with Gasteiger partial charge >= 0.3 is 0 Å². The number of hydrogen-bond donors (Lipinski definition) is 1. The van der Waals surface area contributed by atoms with Gasteiger partial charge in [-0.05, 0) is 37.0 Å². The Kier molecular flexibility index (Phi) is 1.71. The van der Waals surface area contributed by atoms with Crippen molar-refractivity contribution in [2.45, 2.75) is 26.3 Å². The van der Waals surface area contributed by atoms with Crippen molar-refractivity contribution in [1.82, 2.24) is 14.6 Å². The summed E-state index contributed by atoms with van der Waals surface area (Å²) in [6.07, 6.45) is 2.85. The van der Waals surface area contributed by atoms with E-state index in [9.17, 15) is 0 Å². The van der Waals surface area contributed by atoms with Crippen LogP contribution in [0.5, 0.6) is 0 Å². The highest BCUT2D eigenvalue weighted by molar-refractivity contribution is 5.52. The molecule has 4 heteroatoms. The number of nitrogens with zero attached hydrogens (tertiary/aromatic N) is 3. The van der Waals surface area contributed by atoms with Gasteiger partial charge in [0.2, 0.25) is 0 Å². The summed E-state index contributed by atoms with van der Waals surface area (Å²) in [5.74, 6) is 1.83. The van der Waals surface area contributed by atoms with Gasteiger partial charge in [-0.1, -0.05) is 6.92 Å². The highest BCUT2D eigenvalue weighted by Crippen LogP contribution is 2.32. The van der Waals surface area contributed by atoms with Crippen LogP contribution in [0.15, 0.2) is 18.5 Å². The van der Waals surface area contributed by atoms with Gasteiger partial charge in [-0.3, -0.25) is 0 Å². The molecule has 0 amide bonds. The number of pyridine rings is 1. The number of fused-ring (bicyclic) bond motifs is 1. The normalized spacial score (nSPS) is 24.4. The van der Waals surface area contributed by atoms with Crippen LogP contribution in [-0.2, 0) is 0 Å². The van der Waals surface area contributed by atoms with Crippen LogP contribution in [-0.4, -0.2) is 20.6 Å². The second-order valence-corrected chi connectivity index (χ2v) is 4.41. The molecule has 1 aliphatic carbocycles. The zero-order valence-electron chi connectivity index (χ0n) is 8.94. The lowest BCUT2D eigenvalue weighted by molar-refractivity contribution is 0.893. The van der Waals surface area contributed by atoms with Crippen molar-refractivity contribution in [1.29, 1.82) is 0 Å². The maximum atomic E-state index is 4.21. The molecule has 15 heavy (non-hydrogen) atoms. The lowest BCUT2D eigenvalue weighted by Gasteiger charge is -2.07. The van der Waals surface area contributed by atoms with E-state index in [0.29, 0.717) is 6.04 Å². The van der Waals surface area contributed by atoms with Crippen LogP contribution in [0.1, 0.15) is 18.9 Å². The molecule has 2 aromatic heterocycles. The van der Waals surface area contributed by atoms with Crippen LogP contribution in [0, 0.1) is 12.8 Å². The molecule has 0 aliphatic heterocycles. The second-order valence-electron chi connectivity index (χ2n) is 4.41. The van der Waals surface area contributed by atoms with Crippen LogP contribution >= 0.6 is 0 Å². The van der Waals surface area contributed by atoms with Crippen LogP contribution in [0.2, 0.25) is 0 Å². The van der Waals surface area contributed by atoms with Gasteiger partial charge in [-0.2, -0.15) is 9.61 Å². The van der Waals surface area contributed by atoms with E-state index < -0.39 is 0 Å². The van der Waals surface area contributed by atoms with Crippen LogP contribution < -0.4 is 5.32 Å². The minimum Gasteiger partial charge on any atom is -0.367 e. The van der Waals surface area contributed by atoms with E-state index in [1.165, 1.54) is 12.0 Å². The molecule has 0 radical (unpaired) electrons. The van der Waals surface area contributed by atoms with Crippen molar-refractivity contribution >= 4 is 11.5 Å². The van der Waals surface area contributed by atoms with Gasteiger partial charge in [0, 0.05) is 6.04 Å². The van der Waals surface area contributed by atoms with Gasteiger partial charge in [0.25, 0.3) is 0 Å². The van der Waals surface area contributed by atoms with Gasteiger partial charge in [0.05, 0.1) is 0 Å². The van der Waals surface area contributed by atoms with Gasteiger partial charge < -0.3 is 5.32 Å². The lowest BCUT2D eigenvalue weighted by Crippen LogP contribution is -2.08. The van der Waals surface area contributed by atoms with Crippen molar-refractivity contribution in [2.75, 3.05) is 5.32 Å². The molecule has 0 bridgehead atoms. The Labute approximate surface area is 88.3 Å². The van der Waals surface area contributed by atoms with Gasteiger partial charge in [-0.25, -0.2) is 4.98 Å². The molecule has 1 N–H and O–H groups in total. The van der Waals surface area contributed by atoms with Gasteiger partial charge in [0.1, 0.15) is 12.1 Å². The molecular formula is C11H14N4. The van der Waals surface area contributed by atoms with Crippen molar-refractivity contribution in [3.8, 4) is 0 Å². The van der Waals surface area contributed by atoms with E-state index in [-0.39, 0.29) is 0 Å². The summed E-state index contributed by atoms with van der Waals surface area (Å²) in [6, 6.07) is 4.76. The first-order valence-electron chi connectivity index (χ1n) is 5.31. The van der Waals surface area contributed by atoms with Crippen molar-refractivity contribution in [2.24, 2.45) is 5.92 Å². The predicted molar refractivity (Wildman–Crippen MR) is 58.9 cm³/mol. The Morgan fingerprint density at radius 1 is 1.47 bits per heavy atom. The first-order chi connectivity index (χ1) is 7.24. The fraction of sp³-hybridized carbons (Fsp3) is 0.455. The van der Waals surface area contributed by atoms with E-state index in [4.69, 9.17) is 0 Å². The van der Waals surface area contributed by atoms with Gasteiger partial charge in [0.15, 0.2) is 5.65 Å². The predicted octanol–water partition coefficient (Wildman–Crippen LogP) is 1.86. The van der Waals surface area contributed by atoms with Crippen molar-refractivity contribution in [3.05, 3.63) is 24.0 Å². The average Bonchev–Trinajstić information content (AvgIpc) is 2.71. The molecule has 0 saturated heterocycles. The molecule has 4 nitrogen and oxygen atoms in total. The minimum atomic E-state index is 0.610. The third-order valence-electron chi connectivity index (χ3n) is 2.97. The van der Waals surface area contributed by atoms with Gasteiger partial charge in [-0.15, -0.1) is 0 Å². The summed E-state index contributed by atoms with van der Waals surface area (Å²) in [5.41, 5.74) is 2.12. The van der Waals surface area contributed by atoms with Crippen LogP contribution in [0.25, 0.3) is 5.65 Å². The molecule has 1 aliphatic rings. The van der Waals surface area contributed by atoms with E-state index in [1.54, 1.807) is 6.33 Å². The Bertz CT molecular complexity index is 502.